The van der Waals surface area contributed by atoms with Crippen LogP contribution in [0.3, 0.4) is 0 Å². The van der Waals surface area contributed by atoms with E-state index in [-0.39, 0.29) is 6.10 Å². The minimum atomic E-state index is 0.0798. The molecule has 0 fully saturated rings. The number of nitrogens with zero attached hydrogens (tertiary/aromatic N) is 1. The topological polar surface area (TPSA) is 40.6 Å². The Kier molecular flexibility index (Phi) is 3.55. The van der Waals surface area contributed by atoms with Crippen LogP contribution in [0.2, 0.25) is 0 Å². The van der Waals surface area contributed by atoms with Crippen molar-refractivity contribution in [3.63, 3.8) is 0 Å². The van der Waals surface area contributed by atoms with Crippen LogP contribution in [0.1, 0.15) is 13.8 Å². The molecule has 0 atom stereocenters. The molecule has 1 aromatic carbocycles. The van der Waals surface area contributed by atoms with Crippen LogP contribution in [0.5, 0.6) is 17.4 Å². The van der Waals surface area contributed by atoms with E-state index in [2.05, 4.69) is 4.98 Å². The van der Waals surface area contributed by atoms with Crippen LogP contribution in [-0.4, -0.2) is 25.3 Å². The molecule has 0 bridgehead atoms. The zero-order valence-corrected chi connectivity index (χ0v) is 11.1. The smallest absolute Gasteiger partial charge is 0.221 e. The summed E-state index contributed by atoms with van der Waals surface area (Å²) in [6.45, 7) is 3.95. The quantitative estimate of drug-likeness (QED) is 0.832. The zero-order valence-electron chi connectivity index (χ0n) is 11.1. The second kappa shape index (κ2) is 5.12. The van der Waals surface area contributed by atoms with Gasteiger partial charge in [-0.25, -0.2) is 4.98 Å². The molecule has 0 aliphatic rings. The molecule has 4 heteroatoms. The van der Waals surface area contributed by atoms with Gasteiger partial charge >= 0.3 is 0 Å². The Morgan fingerprint density at radius 3 is 2.44 bits per heavy atom. The van der Waals surface area contributed by atoms with Crippen LogP contribution in [0.25, 0.3) is 10.8 Å². The number of rotatable bonds is 4. The molecular formula is C14H17NO3. The standard InChI is InChI=1S/C14H17NO3/c1-9(2)18-14-11-6-5-10(16-3)7-12(11)13(17-4)8-15-14/h5-9H,1-4H3. The molecule has 2 aromatic rings. The van der Waals surface area contributed by atoms with Gasteiger partial charge in [0.25, 0.3) is 0 Å². The van der Waals surface area contributed by atoms with Crippen molar-refractivity contribution in [3.8, 4) is 17.4 Å². The van der Waals surface area contributed by atoms with Crippen molar-refractivity contribution in [2.75, 3.05) is 14.2 Å². The summed E-state index contributed by atoms with van der Waals surface area (Å²) >= 11 is 0. The van der Waals surface area contributed by atoms with Crippen molar-refractivity contribution in [1.29, 1.82) is 0 Å². The summed E-state index contributed by atoms with van der Waals surface area (Å²) in [4.78, 5) is 4.29. The second-order valence-electron chi connectivity index (χ2n) is 4.21. The predicted octanol–water partition coefficient (Wildman–Crippen LogP) is 3.04. The molecule has 0 aliphatic heterocycles. The van der Waals surface area contributed by atoms with E-state index in [9.17, 15) is 0 Å². The summed E-state index contributed by atoms with van der Waals surface area (Å²) in [5.41, 5.74) is 0. The van der Waals surface area contributed by atoms with Crippen LogP contribution in [0.15, 0.2) is 24.4 Å². The van der Waals surface area contributed by atoms with Crippen molar-refractivity contribution in [1.82, 2.24) is 4.98 Å². The van der Waals surface area contributed by atoms with Gasteiger partial charge in [-0.05, 0) is 32.0 Å². The molecule has 0 radical (unpaired) electrons. The van der Waals surface area contributed by atoms with Gasteiger partial charge in [-0.15, -0.1) is 0 Å². The lowest BCUT2D eigenvalue weighted by atomic mass is 10.1. The van der Waals surface area contributed by atoms with E-state index in [4.69, 9.17) is 14.2 Å². The van der Waals surface area contributed by atoms with Gasteiger partial charge < -0.3 is 14.2 Å². The highest BCUT2D eigenvalue weighted by molar-refractivity contribution is 5.92. The number of methoxy groups -OCH3 is 2. The third-order valence-corrected chi connectivity index (χ3v) is 2.59. The van der Waals surface area contributed by atoms with Gasteiger partial charge in [-0.1, -0.05) is 0 Å². The van der Waals surface area contributed by atoms with Gasteiger partial charge in [-0.3, -0.25) is 0 Å². The van der Waals surface area contributed by atoms with Crippen molar-refractivity contribution < 1.29 is 14.2 Å². The van der Waals surface area contributed by atoms with E-state index in [0.717, 1.165) is 16.5 Å². The summed E-state index contributed by atoms with van der Waals surface area (Å²) in [6, 6.07) is 5.74. The van der Waals surface area contributed by atoms with E-state index < -0.39 is 0 Å². The summed E-state index contributed by atoms with van der Waals surface area (Å²) in [6.07, 6.45) is 1.75. The molecule has 4 nitrogen and oxygen atoms in total. The first-order chi connectivity index (χ1) is 8.65. The Balaban J connectivity index is 2.62. The first-order valence-corrected chi connectivity index (χ1v) is 5.83. The molecule has 96 valence electrons. The Hall–Kier alpha value is -1.97. The molecule has 18 heavy (non-hydrogen) atoms. The molecule has 1 aromatic heterocycles. The monoisotopic (exact) mass is 247 g/mol. The molecule has 0 amide bonds. The Morgan fingerprint density at radius 1 is 1.06 bits per heavy atom. The molecular weight excluding hydrogens is 230 g/mol. The maximum Gasteiger partial charge on any atom is 0.221 e. The van der Waals surface area contributed by atoms with E-state index in [1.54, 1.807) is 20.4 Å². The maximum absolute atomic E-state index is 5.69. The lowest BCUT2D eigenvalue weighted by Crippen LogP contribution is -2.07. The SMILES string of the molecule is COc1ccc2c(OC(C)C)ncc(OC)c2c1. The van der Waals surface area contributed by atoms with Crippen LogP contribution >= 0.6 is 0 Å². The molecule has 0 saturated heterocycles. The van der Waals surface area contributed by atoms with Crippen LogP contribution in [0, 0.1) is 0 Å². The summed E-state index contributed by atoms with van der Waals surface area (Å²) < 4.78 is 16.2. The van der Waals surface area contributed by atoms with E-state index in [1.807, 2.05) is 32.0 Å². The predicted molar refractivity (Wildman–Crippen MR) is 70.6 cm³/mol. The summed E-state index contributed by atoms with van der Waals surface area (Å²) in [5, 5.41) is 1.85. The number of hydrogen-bond donors (Lipinski definition) is 0. The molecule has 1 heterocycles. The minimum Gasteiger partial charge on any atom is -0.497 e. The van der Waals surface area contributed by atoms with Gasteiger partial charge in [0.1, 0.15) is 11.5 Å². The fourth-order valence-corrected chi connectivity index (χ4v) is 1.78. The Bertz CT molecular complexity index is 552. The van der Waals surface area contributed by atoms with Crippen LogP contribution < -0.4 is 14.2 Å². The fourth-order valence-electron chi connectivity index (χ4n) is 1.78. The van der Waals surface area contributed by atoms with Gasteiger partial charge in [0.15, 0.2) is 0 Å². The van der Waals surface area contributed by atoms with E-state index in [1.165, 1.54) is 0 Å². The Labute approximate surface area is 106 Å². The largest absolute Gasteiger partial charge is 0.497 e. The highest BCUT2D eigenvalue weighted by atomic mass is 16.5. The number of ether oxygens (including phenoxy) is 3. The van der Waals surface area contributed by atoms with Crippen molar-refractivity contribution in [2.45, 2.75) is 20.0 Å². The normalized spacial score (nSPS) is 10.7. The highest BCUT2D eigenvalue weighted by Crippen LogP contribution is 2.33. The molecule has 0 spiro atoms. The van der Waals surface area contributed by atoms with E-state index in [0.29, 0.717) is 11.6 Å². The number of pyridine rings is 1. The van der Waals surface area contributed by atoms with Gasteiger partial charge in [0, 0.05) is 10.8 Å². The molecule has 0 aliphatic carbocycles. The molecule has 0 saturated carbocycles. The fraction of sp³-hybridized carbons (Fsp3) is 0.357. The molecule has 2 rings (SSSR count). The third kappa shape index (κ3) is 2.32. The van der Waals surface area contributed by atoms with Crippen molar-refractivity contribution in [3.05, 3.63) is 24.4 Å². The average molecular weight is 247 g/mol. The number of fused-ring (bicyclic) bond motifs is 1. The first kappa shape index (κ1) is 12.5. The van der Waals surface area contributed by atoms with Crippen molar-refractivity contribution in [2.24, 2.45) is 0 Å². The second-order valence-corrected chi connectivity index (χ2v) is 4.21. The first-order valence-electron chi connectivity index (χ1n) is 5.83. The number of aromatic nitrogens is 1. The maximum atomic E-state index is 5.69. The van der Waals surface area contributed by atoms with Crippen LogP contribution in [0.4, 0.5) is 0 Å². The summed E-state index contributed by atoms with van der Waals surface area (Å²) in [5.74, 6) is 2.10. The lowest BCUT2D eigenvalue weighted by Gasteiger charge is -2.13. The lowest BCUT2D eigenvalue weighted by molar-refractivity contribution is 0.235. The zero-order chi connectivity index (χ0) is 13.1. The third-order valence-electron chi connectivity index (χ3n) is 2.59. The minimum absolute atomic E-state index is 0.0798. The number of benzene rings is 1. The van der Waals surface area contributed by atoms with Crippen molar-refractivity contribution >= 4 is 10.8 Å². The van der Waals surface area contributed by atoms with Gasteiger partial charge in [-0.2, -0.15) is 0 Å². The average Bonchev–Trinajstić information content (AvgIpc) is 2.38. The van der Waals surface area contributed by atoms with E-state index >= 15 is 0 Å². The number of hydrogen-bond acceptors (Lipinski definition) is 4. The summed E-state index contributed by atoms with van der Waals surface area (Å²) in [7, 11) is 3.26. The molecule has 0 unspecified atom stereocenters. The van der Waals surface area contributed by atoms with Gasteiger partial charge in [0.05, 0.1) is 26.5 Å². The highest BCUT2D eigenvalue weighted by Gasteiger charge is 2.11. The molecule has 0 N–H and O–H groups in total. The van der Waals surface area contributed by atoms with Gasteiger partial charge in [0.2, 0.25) is 5.88 Å². The Morgan fingerprint density at radius 2 is 1.83 bits per heavy atom. The van der Waals surface area contributed by atoms with Crippen LogP contribution in [-0.2, 0) is 0 Å².